The van der Waals surface area contributed by atoms with E-state index in [0.29, 0.717) is 6.42 Å². The van der Waals surface area contributed by atoms with Crippen LogP contribution in [0.2, 0.25) is 5.82 Å². The topological polar surface area (TPSA) is 35.5 Å². The molecule has 0 unspecified atom stereocenters. The van der Waals surface area contributed by atoms with E-state index < -0.39 is 0 Å². The van der Waals surface area contributed by atoms with Crippen molar-refractivity contribution < 1.29 is 14.1 Å². The van der Waals surface area contributed by atoms with Crippen LogP contribution < -0.4 is 0 Å². The first-order valence-corrected chi connectivity index (χ1v) is 7.53. The highest BCUT2D eigenvalue weighted by atomic mass is 32.1. The molecule has 1 saturated heterocycles. The van der Waals surface area contributed by atoms with Gasteiger partial charge >= 0.3 is 7.12 Å². The van der Waals surface area contributed by atoms with Gasteiger partial charge in [-0.05, 0) is 45.0 Å². The minimum Gasteiger partial charge on any atom is -0.403 e. The molecular weight excluding hydrogens is 259 g/mol. The van der Waals surface area contributed by atoms with Gasteiger partial charge in [-0.1, -0.05) is 13.0 Å². The molecule has 1 aliphatic heterocycles. The average molecular weight is 280 g/mol. The maximum atomic E-state index is 12.1. The molecule has 2 rings (SSSR count). The maximum Gasteiger partial charge on any atom is 0.461 e. The summed E-state index contributed by atoms with van der Waals surface area (Å²) in [7, 11) is -0.311. The monoisotopic (exact) mass is 280 g/mol. The van der Waals surface area contributed by atoms with Gasteiger partial charge in [0.05, 0.1) is 16.1 Å². The molecule has 0 radical (unpaired) electrons. The summed E-state index contributed by atoms with van der Waals surface area (Å²) in [6.07, 6.45) is 0.456. The lowest BCUT2D eigenvalue weighted by molar-refractivity contribution is 0.00578. The summed E-state index contributed by atoms with van der Waals surface area (Å²) in [6.45, 7) is 10.1. The van der Waals surface area contributed by atoms with Gasteiger partial charge in [0.25, 0.3) is 0 Å². The van der Waals surface area contributed by atoms with Crippen LogP contribution in [0.3, 0.4) is 0 Å². The Hall–Kier alpha value is -0.645. The smallest absolute Gasteiger partial charge is 0.403 e. The third-order valence-electron chi connectivity index (χ3n) is 4.04. The Morgan fingerprint density at radius 2 is 1.89 bits per heavy atom. The number of carbonyl (C=O) groups excluding carboxylic acids is 1. The van der Waals surface area contributed by atoms with Gasteiger partial charge in [-0.25, -0.2) is 0 Å². The van der Waals surface area contributed by atoms with Crippen LogP contribution >= 0.6 is 11.3 Å². The molecule has 1 aliphatic rings. The van der Waals surface area contributed by atoms with Gasteiger partial charge in [0.15, 0.2) is 5.78 Å². The summed E-state index contributed by atoms with van der Waals surface area (Å²) in [5, 5.41) is 1.92. The Bertz CT molecular complexity index is 437. The number of rotatable bonds is 4. The van der Waals surface area contributed by atoms with Gasteiger partial charge in [-0.3, -0.25) is 4.79 Å². The van der Waals surface area contributed by atoms with Crippen LogP contribution in [-0.4, -0.2) is 24.1 Å². The first-order chi connectivity index (χ1) is 8.73. The van der Waals surface area contributed by atoms with Crippen LogP contribution in [0.25, 0.3) is 0 Å². The van der Waals surface area contributed by atoms with Crippen molar-refractivity contribution >= 4 is 24.2 Å². The predicted octanol–water partition coefficient (Wildman–Crippen LogP) is 3.80. The normalized spacial score (nSPS) is 22.5. The largest absolute Gasteiger partial charge is 0.461 e. The number of Topliss-reactive ketones (excluding diaryl/α,β-unsaturated/α-hetero) is 1. The molecule has 1 atom stereocenters. The summed E-state index contributed by atoms with van der Waals surface area (Å²) < 4.78 is 11.9. The van der Waals surface area contributed by atoms with Gasteiger partial charge < -0.3 is 9.31 Å². The Balaban J connectivity index is 1.99. The number of ketones is 1. The number of hydrogen-bond acceptors (Lipinski definition) is 4. The second kappa shape index (κ2) is 5.04. The Morgan fingerprint density at radius 3 is 2.37 bits per heavy atom. The number of thiophene rings is 1. The minimum absolute atomic E-state index is 0.0515. The Morgan fingerprint density at radius 1 is 1.32 bits per heavy atom. The van der Waals surface area contributed by atoms with Gasteiger partial charge in [-0.2, -0.15) is 0 Å². The lowest BCUT2D eigenvalue weighted by Crippen LogP contribution is -2.41. The summed E-state index contributed by atoms with van der Waals surface area (Å²) in [5.74, 6) is 0.216. The van der Waals surface area contributed by atoms with E-state index in [-0.39, 0.29) is 29.9 Å². The highest BCUT2D eigenvalue weighted by Gasteiger charge is 2.52. The van der Waals surface area contributed by atoms with Gasteiger partial charge in [0.2, 0.25) is 0 Å². The molecule has 1 aromatic rings. The van der Waals surface area contributed by atoms with Crippen molar-refractivity contribution in [2.24, 2.45) is 0 Å². The van der Waals surface area contributed by atoms with Crippen LogP contribution in [0.5, 0.6) is 0 Å². The van der Waals surface area contributed by atoms with Crippen molar-refractivity contribution in [3.63, 3.8) is 0 Å². The average Bonchev–Trinajstić information content (AvgIpc) is 2.86. The van der Waals surface area contributed by atoms with Crippen molar-refractivity contribution in [3.05, 3.63) is 22.4 Å². The van der Waals surface area contributed by atoms with E-state index >= 15 is 0 Å². The number of carbonyl (C=O) groups is 1. The molecule has 0 saturated carbocycles. The molecule has 1 aromatic heterocycles. The van der Waals surface area contributed by atoms with E-state index in [1.807, 2.05) is 52.1 Å². The maximum absolute atomic E-state index is 12.1. The van der Waals surface area contributed by atoms with Crippen LogP contribution in [0.1, 0.15) is 50.7 Å². The van der Waals surface area contributed by atoms with Gasteiger partial charge in [0.1, 0.15) is 0 Å². The van der Waals surface area contributed by atoms with Gasteiger partial charge in [0, 0.05) is 6.42 Å². The molecule has 19 heavy (non-hydrogen) atoms. The second-order valence-corrected chi connectivity index (χ2v) is 7.15. The zero-order chi connectivity index (χ0) is 14.3. The summed E-state index contributed by atoms with van der Waals surface area (Å²) in [5.41, 5.74) is -0.671. The number of hydrogen-bond donors (Lipinski definition) is 0. The Kier molecular flexibility index (Phi) is 3.91. The fourth-order valence-electron chi connectivity index (χ4n) is 2.05. The second-order valence-electron chi connectivity index (χ2n) is 6.21. The van der Waals surface area contributed by atoms with Crippen LogP contribution in [0, 0.1) is 0 Å². The molecule has 3 nitrogen and oxygen atoms in total. The van der Waals surface area contributed by atoms with Crippen LogP contribution in [0.15, 0.2) is 17.5 Å². The minimum atomic E-state index is -0.335. The zero-order valence-corrected chi connectivity index (χ0v) is 13.0. The first kappa shape index (κ1) is 14.8. The van der Waals surface area contributed by atoms with Crippen molar-refractivity contribution in [2.75, 3.05) is 0 Å². The van der Waals surface area contributed by atoms with Crippen molar-refractivity contribution in [1.29, 1.82) is 0 Å². The highest BCUT2D eigenvalue weighted by Crippen LogP contribution is 2.40. The Labute approximate surface area is 119 Å². The van der Waals surface area contributed by atoms with E-state index in [9.17, 15) is 4.79 Å². The summed E-state index contributed by atoms with van der Waals surface area (Å²) in [4.78, 5) is 12.9. The summed E-state index contributed by atoms with van der Waals surface area (Å²) in [6, 6.07) is 3.77. The molecule has 1 fully saturated rings. The van der Waals surface area contributed by atoms with Crippen LogP contribution in [-0.2, 0) is 9.31 Å². The third-order valence-corrected chi connectivity index (χ3v) is 4.95. The SMILES string of the molecule is C[C@@H](CC(=O)c1cccs1)B1OC(C)(C)C(C)(C)O1. The molecule has 0 amide bonds. The standard InChI is InChI=1S/C14H21BO3S/c1-10(9-11(16)12-7-6-8-19-12)15-17-13(2,3)14(4,5)18-15/h6-8,10H,9H2,1-5H3/t10-/m0/s1. The highest BCUT2D eigenvalue weighted by molar-refractivity contribution is 7.12. The summed E-state index contributed by atoms with van der Waals surface area (Å²) >= 11 is 1.48. The third kappa shape index (κ3) is 2.93. The zero-order valence-electron chi connectivity index (χ0n) is 12.2. The lowest BCUT2D eigenvalue weighted by atomic mass is 9.70. The molecule has 0 bridgehead atoms. The van der Waals surface area contributed by atoms with E-state index in [1.54, 1.807) is 0 Å². The molecular formula is C14H21BO3S. The van der Waals surface area contributed by atoms with Crippen LogP contribution in [0.4, 0.5) is 0 Å². The molecule has 5 heteroatoms. The molecule has 0 N–H and O–H groups in total. The molecule has 0 aromatic carbocycles. The van der Waals surface area contributed by atoms with E-state index in [2.05, 4.69) is 0 Å². The molecule has 2 heterocycles. The first-order valence-electron chi connectivity index (χ1n) is 6.65. The fourth-order valence-corrected chi connectivity index (χ4v) is 2.72. The van der Waals surface area contributed by atoms with Crippen molar-refractivity contribution in [1.82, 2.24) is 0 Å². The predicted molar refractivity (Wildman–Crippen MR) is 78.8 cm³/mol. The van der Waals surface area contributed by atoms with Crippen molar-refractivity contribution in [2.45, 2.75) is 58.1 Å². The van der Waals surface area contributed by atoms with Gasteiger partial charge in [-0.15, -0.1) is 11.3 Å². The van der Waals surface area contributed by atoms with Crippen molar-refractivity contribution in [3.8, 4) is 0 Å². The fraction of sp³-hybridized carbons (Fsp3) is 0.643. The molecule has 0 aliphatic carbocycles. The van der Waals surface area contributed by atoms with E-state index in [0.717, 1.165) is 4.88 Å². The molecule has 104 valence electrons. The molecule has 0 spiro atoms. The van der Waals surface area contributed by atoms with E-state index in [4.69, 9.17) is 9.31 Å². The lowest BCUT2D eigenvalue weighted by Gasteiger charge is -2.32. The van der Waals surface area contributed by atoms with E-state index in [1.165, 1.54) is 11.3 Å². The quantitative estimate of drug-likeness (QED) is 0.621.